The SMILES string of the molecule is CCC1CCSC(=NCCCCC(N)=O)N1. The Morgan fingerprint density at radius 3 is 3.12 bits per heavy atom. The van der Waals surface area contributed by atoms with E-state index < -0.39 is 0 Å². The van der Waals surface area contributed by atoms with Crippen molar-refractivity contribution in [1.29, 1.82) is 0 Å². The number of unbranched alkanes of at least 4 members (excludes halogenated alkanes) is 1. The molecule has 1 fully saturated rings. The number of hydrogen-bond donors (Lipinski definition) is 2. The molecule has 3 N–H and O–H groups in total. The van der Waals surface area contributed by atoms with Gasteiger partial charge < -0.3 is 11.1 Å². The zero-order valence-electron chi connectivity index (χ0n) is 9.87. The van der Waals surface area contributed by atoms with Crippen molar-refractivity contribution in [2.45, 2.75) is 45.1 Å². The summed E-state index contributed by atoms with van der Waals surface area (Å²) < 4.78 is 0. The zero-order valence-corrected chi connectivity index (χ0v) is 10.7. The number of aliphatic imine (C=N–C) groups is 1. The van der Waals surface area contributed by atoms with Crippen molar-refractivity contribution in [1.82, 2.24) is 5.32 Å². The van der Waals surface area contributed by atoms with Gasteiger partial charge in [-0.25, -0.2) is 0 Å². The topological polar surface area (TPSA) is 67.5 Å². The van der Waals surface area contributed by atoms with Gasteiger partial charge in [-0.1, -0.05) is 18.7 Å². The van der Waals surface area contributed by atoms with Crippen molar-refractivity contribution in [2.75, 3.05) is 12.3 Å². The van der Waals surface area contributed by atoms with Crippen molar-refractivity contribution in [2.24, 2.45) is 10.7 Å². The largest absolute Gasteiger partial charge is 0.370 e. The Morgan fingerprint density at radius 2 is 2.44 bits per heavy atom. The zero-order chi connectivity index (χ0) is 11.8. The van der Waals surface area contributed by atoms with Gasteiger partial charge in [-0.3, -0.25) is 9.79 Å². The summed E-state index contributed by atoms with van der Waals surface area (Å²) in [5.74, 6) is 0.940. The summed E-state index contributed by atoms with van der Waals surface area (Å²) in [6, 6.07) is 0.589. The lowest BCUT2D eigenvalue weighted by molar-refractivity contribution is -0.118. The van der Waals surface area contributed by atoms with Crippen LogP contribution in [0, 0.1) is 0 Å². The Morgan fingerprint density at radius 1 is 1.62 bits per heavy atom. The number of thioether (sulfide) groups is 1. The van der Waals surface area contributed by atoms with Crippen molar-refractivity contribution in [3.8, 4) is 0 Å². The molecule has 1 saturated heterocycles. The molecular formula is C11H21N3OS. The maximum absolute atomic E-state index is 10.5. The summed E-state index contributed by atoms with van der Waals surface area (Å²) in [5.41, 5.74) is 5.06. The minimum atomic E-state index is -0.219. The smallest absolute Gasteiger partial charge is 0.217 e. The van der Waals surface area contributed by atoms with Gasteiger partial charge in [0.05, 0.1) is 0 Å². The lowest BCUT2D eigenvalue weighted by atomic mass is 10.2. The average Bonchev–Trinajstić information content (AvgIpc) is 2.28. The fraction of sp³-hybridized carbons (Fsp3) is 0.818. The number of amides is 1. The molecule has 92 valence electrons. The van der Waals surface area contributed by atoms with Gasteiger partial charge in [0.25, 0.3) is 0 Å². The Bertz CT molecular complexity index is 256. The van der Waals surface area contributed by atoms with Crippen LogP contribution in [0.1, 0.15) is 39.0 Å². The predicted molar refractivity (Wildman–Crippen MR) is 69.6 cm³/mol. The highest BCUT2D eigenvalue weighted by atomic mass is 32.2. The summed E-state index contributed by atoms with van der Waals surface area (Å²) in [6.45, 7) is 2.98. The Labute approximate surface area is 101 Å². The Balaban J connectivity index is 2.15. The molecule has 1 atom stereocenters. The molecule has 0 aromatic carbocycles. The minimum Gasteiger partial charge on any atom is -0.370 e. The van der Waals surface area contributed by atoms with Gasteiger partial charge in [-0.05, 0) is 25.7 Å². The number of primary amides is 1. The quantitative estimate of drug-likeness (QED) is 0.695. The van der Waals surface area contributed by atoms with E-state index in [-0.39, 0.29) is 5.91 Å². The molecular weight excluding hydrogens is 222 g/mol. The standard InChI is InChI=1S/C11H21N3OS/c1-2-9-6-8-16-11(14-9)13-7-4-3-5-10(12)15/h9H,2-8H2,1H3,(H2,12,15)(H,13,14). The first-order chi connectivity index (χ1) is 7.72. The summed E-state index contributed by atoms with van der Waals surface area (Å²) in [5, 5.41) is 4.49. The van der Waals surface area contributed by atoms with E-state index in [1.54, 1.807) is 11.8 Å². The number of nitrogens with one attached hydrogen (secondary N) is 1. The van der Waals surface area contributed by atoms with E-state index >= 15 is 0 Å². The molecule has 5 heteroatoms. The minimum absolute atomic E-state index is 0.219. The lowest BCUT2D eigenvalue weighted by Gasteiger charge is -2.24. The highest BCUT2D eigenvalue weighted by molar-refractivity contribution is 8.13. The number of amidine groups is 1. The monoisotopic (exact) mass is 243 g/mol. The molecule has 16 heavy (non-hydrogen) atoms. The van der Waals surface area contributed by atoms with Gasteiger partial charge in [0, 0.05) is 24.8 Å². The van der Waals surface area contributed by atoms with Gasteiger partial charge in [0.2, 0.25) is 5.91 Å². The first-order valence-corrected chi connectivity index (χ1v) is 6.93. The predicted octanol–water partition coefficient (Wildman–Crippen LogP) is 1.50. The normalized spacial score (nSPS) is 23.1. The van der Waals surface area contributed by atoms with Crippen LogP contribution in [-0.4, -0.2) is 29.4 Å². The fourth-order valence-corrected chi connectivity index (χ4v) is 2.60. The van der Waals surface area contributed by atoms with Crippen LogP contribution < -0.4 is 11.1 Å². The number of rotatable bonds is 6. The molecule has 0 saturated carbocycles. The molecule has 1 rings (SSSR count). The van der Waals surface area contributed by atoms with Gasteiger partial charge in [-0.2, -0.15) is 0 Å². The number of hydrogen-bond acceptors (Lipinski definition) is 3. The number of nitrogens with zero attached hydrogens (tertiary/aromatic N) is 1. The van der Waals surface area contributed by atoms with Crippen LogP contribution >= 0.6 is 11.8 Å². The van der Waals surface area contributed by atoms with Crippen LogP contribution in [-0.2, 0) is 4.79 Å². The highest BCUT2D eigenvalue weighted by Gasteiger charge is 2.14. The second-order valence-corrected chi connectivity index (χ2v) is 5.08. The van der Waals surface area contributed by atoms with Gasteiger partial charge in [0.15, 0.2) is 5.17 Å². The highest BCUT2D eigenvalue weighted by Crippen LogP contribution is 2.15. The van der Waals surface area contributed by atoms with Gasteiger partial charge >= 0.3 is 0 Å². The average molecular weight is 243 g/mol. The Kier molecular flexibility index (Phi) is 6.30. The van der Waals surface area contributed by atoms with E-state index in [9.17, 15) is 4.79 Å². The van der Waals surface area contributed by atoms with Crippen molar-refractivity contribution in [3.05, 3.63) is 0 Å². The van der Waals surface area contributed by atoms with E-state index in [2.05, 4.69) is 17.2 Å². The van der Waals surface area contributed by atoms with Crippen LogP contribution in [0.2, 0.25) is 0 Å². The van der Waals surface area contributed by atoms with Gasteiger partial charge in [0.1, 0.15) is 0 Å². The van der Waals surface area contributed by atoms with E-state index in [0.717, 1.165) is 36.7 Å². The summed E-state index contributed by atoms with van der Waals surface area (Å²) in [7, 11) is 0. The van der Waals surface area contributed by atoms with Crippen molar-refractivity contribution in [3.63, 3.8) is 0 Å². The first kappa shape index (κ1) is 13.4. The van der Waals surface area contributed by atoms with E-state index in [1.807, 2.05) is 0 Å². The summed E-state index contributed by atoms with van der Waals surface area (Å²) in [4.78, 5) is 15.0. The fourth-order valence-electron chi connectivity index (χ4n) is 1.58. The molecule has 0 spiro atoms. The maximum atomic E-state index is 10.5. The van der Waals surface area contributed by atoms with Crippen molar-refractivity contribution >= 4 is 22.8 Å². The molecule has 1 aliphatic rings. The molecule has 1 amide bonds. The third-order valence-electron chi connectivity index (χ3n) is 2.61. The van der Waals surface area contributed by atoms with Gasteiger partial charge in [-0.15, -0.1) is 0 Å². The van der Waals surface area contributed by atoms with Crippen LogP contribution in [0.4, 0.5) is 0 Å². The molecule has 0 radical (unpaired) electrons. The van der Waals surface area contributed by atoms with Crippen LogP contribution in [0.5, 0.6) is 0 Å². The molecule has 0 bridgehead atoms. The maximum Gasteiger partial charge on any atom is 0.217 e. The number of carbonyl (C=O) groups excluding carboxylic acids is 1. The van der Waals surface area contributed by atoms with Crippen molar-refractivity contribution < 1.29 is 4.79 Å². The number of nitrogens with two attached hydrogens (primary N) is 1. The third kappa shape index (κ3) is 5.39. The molecule has 0 aliphatic carbocycles. The second-order valence-electron chi connectivity index (χ2n) is 4.00. The second kappa shape index (κ2) is 7.54. The molecule has 1 heterocycles. The van der Waals surface area contributed by atoms with Crippen LogP contribution in [0.15, 0.2) is 4.99 Å². The Hall–Kier alpha value is -0.710. The van der Waals surface area contributed by atoms with E-state index in [4.69, 9.17) is 5.73 Å². The number of carbonyl (C=O) groups is 1. The van der Waals surface area contributed by atoms with E-state index in [0.29, 0.717) is 12.5 Å². The molecule has 1 aliphatic heterocycles. The van der Waals surface area contributed by atoms with Crippen LogP contribution in [0.25, 0.3) is 0 Å². The first-order valence-electron chi connectivity index (χ1n) is 5.94. The lowest BCUT2D eigenvalue weighted by Crippen LogP contribution is -2.37. The molecule has 4 nitrogen and oxygen atoms in total. The molecule has 0 aromatic rings. The molecule has 1 unspecified atom stereocenters. The van der Waals surface area contributed by atoms with Crippen LogP contribution in [0.3, 0.4) is 0 Å². The molecule has 0 aromatic heterocycles. The third-order valence-corrected chi connectivity index (χ3v) is 3.57. The summed E-state index contributed by atoms with van der Waals surface area (Å²) in [6.07, 6.45) is 4.63. The van der Waals surface area contributed by atoms with E-state index in [1.165, 1.54) is 6.42 Å². The summed E-state index contributed by atoms with van der Waals surface area (Å²) >= 11 is 1.79.